The Hall–Kier alpha value is -7.33. The predicted octanol–water partition coefficient (Wildman–Crippen LogP) is 17.2. The molecule has 5 nitrogen and oxygen atoms in total. The number of pyridine rings is 1. The maximum Gasteiger partial charge on any atom is 0.148 e. The standard InChI is InChI=1S/C66H59N4O.Pt/c1-64(2,3)46-32-33-57(51(39-46)43-24-15-11-16-25-43)70-58-31-21-29-49(61(58)68-63(70)53-40-47(65(4,5)6)41-54(62(53)71)66(7,8)9)52-36-45(55-37-44(34-35-67-55)42-22-13-10-14-23-42)38-59-60(52)50-28-19-20-30-56(50)69(59)48-26-17-12-18-27-48;/h10-35,37-41,71H,1-9H3;/q-1;. The maximum absolute atomic E-state index is 12.8. The van der Waals surface area contributed by atoms with Gasteiger partial charge in [-0.15, -0.1) is 11.6 Å². The Balaban J connectivity index is 0.00000596. The number of phenolic OH excluding ortho intramolecular Hbond substituents is 1. The van der Waals surface area contributed by atoms with E-state index in [2.05, 4.69) is 253 Å². The molecule has 3 heterocycles. The van der Waals surface area contributed by atoms with Crippen LogP contribution in [0.15, 0.2) is 188 Å². The Morgan fingerprint density at radius 1 is 0.486 bits per heavy atom. The summed E-state index contributed by atoms with van der Waals surface area (Å²) in [5.41, 5.74) is 17.1. The second-order valence-corrected chi connectivity index (χ2v) is 22.0. The first kappa shape index (κ1) is 48.3. The van der Waals surface area contributed by atoms with Gasteiger partial charge in [-0.3, -0.25) is 9.55 Å². The quantitative estimate of drug-likeness (QED) is 0.162. The Labute approximate surface area is 438 Å². The number of aromatic nitrogens is 4. The summed E-state index contributed by atoms with van der Waals surface area (Å²) in [6, 6.07) is 68.6. The molecule has 0 bridgehead atoms. The SMILES string of the molecule is CC(C)(C)c1ccc(-n2c(-c3cc(C(C)(C)C)cc(C(C)(C)C)c3O)nc3c(-c4[c-]c(-c5cc(-c6ccccc6)ccn5)cc5c4c4ccccc4n5-c4ccccc4)cccc32)c(-c2ccccc2)c1.[Pt]. The van der Waals surface area contributed by atoms with Gasteiger partial charge in [-0.2, -0.15) is 0 Å². The number of aromatic hydroxyl groups is 1. The van der Waals surface area contributed by atoms with Crippen molar-refractivity contribution in [1.82, 2.24) is 19.1 Å². The van der Waals surface area contributed by atoms with E-state index in [0.29, 0.717) is 11.4 Å². The van der Waals surface area contributed by atoms with Crippen LogP contribution in [0.4, 0.5) is 0 Å². The molecule has 6 heteroatoms. The molecule has 11 aromatic rings. The molecule has 0 spiro atoms. The van der Waals surface area contributed by atoms with Crippen molar-refractivity contribution in [2.75, 3.05) is 0 Å². The van der Waals surface area contributed by atoms with Gasteiger partial charge in [0.1, 0.15) is 11.6 Å². The fraction of sp³-hybridized carbons (Fsp3) is 0.182. The second kappa shape index (κ2) is 18.4. The summed E-state index contributed by atoms with van der Waals surface area (Å²) < 4.78 is 4.66. The number of fused-ring (bicyclic) bond motifs is 4. The molecule has 0 radical (unpaired) electrons. The average molecular weight is 1120 g/mol. The van der Waals surface area contributed by atoms with Gasteiger partial charge in [0.25, 0.3) is 0 Å². The first-order valence-corrected chi connectivity index (χ1v) is 24.7. The molecule has 0 aliphatic rings. The largest absolute Gasteiger partial charge is 0.507 e. The molecule has 72 heavy (non-hydrogen) atoms. The minimum atomic E-state index is -0.356. The Morgan fingerprint density at radius 2 is 1.11 bits per heavy atom. The first-order chi connectivity index (χ1) is 34.0. The second-order valence-electron chi connectivity index (χ2n) is 22.0. The van der Waals surface area contributed by atoms with Gasteiger partial charge in [0.2, 0.25) is 0 Å². The molecule has 0 aliphatic carbocycles. The summed E-state index contributed by atoms with van der Waals surface area (Å²) in [5.74, 6) is 0.904. The zero-order valence-corrected chi connectivity index (χ0v) is 44.7. The predicted molar refractivity (Wildman–Crippen MR) is 297 cm³/mol. The zero-order chi connectivity index (χ0) is 49.4. The summed E-state index contributed by atoms with van der Waals surface area (Å²) in [5, 5.41) is 14.9. The van der Waals surface area contributed by atoms with Crippen molar-refractivity contribution in [2.45, 2.75) is 78.6 Å². The molecule has 11 rings (SSSR count). The van der Waals surface area contributed by atoms with Crippen LogP contribution in [-0.2, 0) is 37.3 Å². The zero-order valence-electron chi connectivity index (χ0n) is 42.5. The van der Waals surface area contributed by atoms with Gasteiger partial charge in [0.05, 0.1) is 22.3 Å². The molecule has 0 amide bonds. The molecule has 0 fully saturated rings. The van der Waals surface area contributed by atoms with Gasteiger partial charge in [-0.1, -0.05) is 212 Å². The van der Waals surface area contributed by atoms with Gasteiger partial charge in [0.15, 0.2) is 0 Å². The molecule has 3 aromatic heterocycles. The van der Waals surface area contributed by atoms with Gasteiger partial charge >= 0.3 is 0 Å². The minimum absolute atomic E-state index is 0. The number of para-hydroxylation sites is 3. The van der Waals surface area contributed by atoms with Crippen LogP contribution in [0, 0.1) is 6.07 Å². The maximum atomic E-state index is 12.8. The number of phenols is 1. The third-order valence-corrected chi connectivity index (χ3v) is 14.0. The van der Waals surface area contributed by atoms with E-state index in [1.807, 2.05) is 12.3 Å². The average Bonchev–Trinajstić information content (AvgIpc) is 3.92. The summed E-state index contributed by atoms with van der Waals surface area (Å²) in [6.07, 6.45) is 1.90. The van der Waals surface area contributed by atoms with Crippen LogP contribution in [0.1, 0.15) is 79.0 Å². The summed E-state index contributed by atoms with van der Waals surface area (Å²) >= 11 is 0. The molecule has 360 valence electrons. The van der Waals surface area contributed by atoms with E-state index in [1.54, 1.807) is 0 Å². The summed E-state index contributed by atoms with van der Waals surface area (Å²) in [4.78, 5) is 10.9. The van der Waals surface area contributed by atoms with E-state index >= 15 is 0 Å². The van der Waals surface area contributed by atoms with Crippen LogP contribution in [-0.4, -0.2) is 24.2 Å². The van der Waals surface area contributed by atoms with Crippen molar-refractivity contribution in [3.63, 3.8) is 0 Å². The van der Waals surface area contributed by atoms with E-state index in [1.165, 1.54) is 5.56 Å². The number of rotatable bonds is 7. The fourth-order valence-corrected chi connectivity index (χ4v) is 10.2. The van der Waals surface area contributed by atoms with Crippen molar-refractivity contribution >= 4 is 32.8 Å². The van der Waals surface area contributed by atoms with Crippen molar-refractivity contribution in [3.8, 4) is 73.2 Å². The number of nitrogens with zero attached hydrogens (tertiary/aromatic N) is 4. The van der Waals surface area contributed by atoms with E-state index in [4.69, 9.17) is 9.97 Å². The van der Waals surface area contributed by atoms with E-state index < -0.39 is 0 Å². The van der Waals surface area contributed by atoms with Crippen molar-refractivity contribution in [1.29, 1.82) is 0 Å². The van der Waals surface area contributed by atoms with Gasteiger partial charge in [-0.25, -0.2) is 4.98 Å². The Bertz CT molecular complexity index is 3810. The molecule has 0 aliphatic heterocycles. The molecular formula is C66H59N4OPt-. The van der Waals surface area contributed by atoms with Gasteiger partial charge in [-0.05, 0) is 103 Å². The van der Waals surface area contributed by atoms with Gasteiger partial charge in [0, 0.05) is 55.3 Å². The molecule has 0 unspecified atom stereocenters. The van der Waals surface area contributed by atoms with Crippen molar-refractivity contribution in [3.05, 3.63) is 211 Å². The summed E-state index contributed by atoms with van der Waals surface area (Å²) in [6.45, 7) is 20.0. The van der Waals surface area contributed by atoms with Crippen LogP contribution in [0.5, 0.6) is 5.75 Å². The first-order valence-electron chi connectivity index (χ1n) is 24.7. The van der Waals surface area contributed by atoms with Crippen LogP contribution in [0.3, 0.4) is 0 Å². The Kier molecular flexibility index (Phi) is 12.3. The summed E-state index contributed by atoms with van der Waals surface area (Å²) in [7, 11) is 0. The van der Waals surface area contributed by atoms with Gasteiger partial charge < -0.3 is 9.67 Å². The topological polar surface area (TPSA) is 55.9 Å². The number of imidazole rings is 1. The van der Waals surface area contributed by atoms with Crippen LogP contribution >= 0.6 is 0 Å². The monoisotopic (exact) mass is 1120 g/mol. The normalized spacial score (nSPS) is 12.2. The Morgan fingerprint density at radius 3 is 1.79 bits per heavy atom. The molecule has 0 saturated heterocycles. The van der Waals surface area contributed by atoms with Crippen LogP contribution in [0.25, 0.3) is 100 Å². The van der Waals surface area contributed by atoms with Crippen molar-refractivity contribution < 1.29 is 26.2 Å². The minimum Gasteiger partial charge on any atom is -0.507 e. The third kappa shape index (κ3) is 8.58. The molecule has 0 atom stereocenters. The molecule has 0 saturated carbocycles. The number of hydrogen-bond acceptors (Lipinski definition) is 3. The van der Waals surface area contributed by atoms with Crippen LogP contribution < -0.4 is 0 Å². The van der Waals surface area contributed by atoms with E-state index in [0.717, 1.165) is 100.0 Å². The molecule has 1 N–H and O–H groups in total. The van der Waals surface area contributed by atoms with Crippen molar-refractivity contribution in [2.24, 2.45) is 0 Å². The number of benzene rings is 8. The molecule has 8 aromatic carbocycles. The van der Waals surface area contributed by atoms with E-state index in [-0.39, 0.29) is 43.1 Å². The van der Waals surface area contributed by atoms with Crippen LogP contribution in [0.2, 0.25) is 0 Å². The smallest absolute Gasteiger partial charge is 0.148 e. The van der Waals surface area contributed by atoms with E-state index in [9.17, 15) is 5.11 Å². The third-order valence-electron chi connectivity index (χ3n) is 14.0. The molecular weight excluding hydrogens is 1060 g/mol. The number of hydrogen-bond donors (Lipinski definition) is 1. The fourth-order valence-electron chi connectivity index (χ4n) is 10.2.